The van der Waals surface area contributed by atoms with Crippen molar-refractivity contribution in [2.45, 2.75) is 33.7 Å². The van der Waals surface area contributed by atoms with Gasteiger partial charge in [0.25, 0.3) is 5.56 Å². The lowest BCUT2D eigenvalue weighted by molar-refractivity contribution is -0.116. The Kier molecular flexibility index (Phi) is 6.82. The van der Waals surface area contributed by atoms with E-state index in [4.69, 9.17) is 4.98 Å². The van der Waals surface area contributed by atoms with Crippen LogP contribution in [-0.4, -0.2) is 25.8 Å². The zero-order valence-electron chi connectivity index (χ0n) is 20.3. The lowest BCUT2D eigenvalue weighted by atomic mass is 10.0. The predicted molar refractivity (Wildman–Crippen MR) is 138 cm³/mol. The van der Waals surface area contributed by atoms with Gasteiger partial charge < -0.3 is 15.2 Å². The lowest BCUT2D eigenvalue weighted by Gasteiger charge is -2.14. The highest BCUT2D eigenvalue weighted by atomic mass is 19.1. The fourth-order valence-corrected chi connectivity index (χ4v) is 4.13. The second-order valence-electron chi connectivity index (χ2n) is 8.28. The van der Waals surface area contributed by atoms with Crippen molar-refractivity contribution in [1.82, 2.24) is 14.0 Å². The first-order valence-electron chi connectivity index (χ1n) is 11.4. The van der Waals surface area contributed by atoms with Crippen LogP contribution in [0.2, 0.25) is 0 Å². The normalized spacial score (nSPS) is 10.9. The molecule has 0 unspecified atom stereocenters. The monoisotopic (exact) mass is 487 g/mol. The van der Waals surface area contributed by atoms with Gasteiger partial charge in [-0.1, -0.05) is 31.7 Å². The number of hydrogen-bond acceptors (Lipinski definition) is 4. The summed E-state index contributed by atoms with van der Waals surface area (Å²) in [6.07, 6.45) is 1.62. The Morgan fingerprint density at radius 1 is 1.06 bits per heavy atom. The fraction of sp³-hybridized carbons (Fsp3) is 0.185. The van der Waals surface area contributed by atoms with Gasteiger partial charge in [0.1, 0.15) is 12.4 Å². The summed E-state index contributed by atoms with van der Waals surface area (Å²) in [5, 5.41) is 5.50. The van der Waals surface area contributed by atoms with Crippen molar-refractivity contribution < 1.29 is 14.0 Å². The number of hydrogen-bond donors (Lipinski definition) is 2. The Labute approximate surface area is 207 Å². The van der Waals surface area contributed by atoms with Crippen LogP contribution < -0.4 is 16.2 Å². The minimum Gasteiger partial charge on any atom is -0.325 e. The number of halogens is 1. The van der Waals surface area contributed by atoms with Crippen molar-refractivity contribution >= 4 is 29.0 Å². The Morgan fingerprint density at radius 2 is 1.75 bits per heavy atom. The molecule has 0 aliphatic heterocycles. The van der Waals surface area contributed by atoms with Crippen LogP contribution in [0, 0.1) is 19.7 Å². The molecule has 0 saturated heterocycles. The van der Waals surface area contributed by atoms with Crippen LogP contribution >= 0.6 is 0 Å². The van der Waals surface area contributed by atoms with E-state index < -0.39 is 5.82 Å². The topological polar surface area (TPSA) is 97.5 Å². The zero-order chi connectivity index (χ0) is 26.0. The fourth-order valence-electron chi connectivity index (χ4n) is 4.13. The summed E-state index contributed by atoms with van der Waals surface area (Å²) >= 11 is 0. The molecular weight excluding hydrogens is 461 g/mol. The zero-order valence-corrected chi connectivity index (χ0v) is 20.3. The number of rotatable bonds is 7. The quantitative estimate of drug-likeness (QED) is 0.381. The van der Waals surface area contributed by atoms with Crippen LogP contribution in [0.1, 0.15) is 24.0 Å². The minimum absolute atomic E-state index is 0.0819. The number of imidazole rings is 1. The van der Waals surface area contributed by atoms with E-state index in [1.807, 2.05) is 13.8 Å². The van der Waals surface area contributed by atoms with Crippen molar-refractivity contribution in [3.63, 3.8) is 0 Å². The molecule has 36 heavy (non-hydrogen) atoms. The second kappa shape index (κ2) is 9.99. The van der Waals surface area contributed by atoms with Crippen molar-refractivity contribution in [3.05, 3.63) is 94.4 Å². The van der Waals surface area contributed by atoms with E-state index in [2.05, 4.69) is 17.2 Å². The van der Waals surface area contributed by atoms with Gasteiger partial charge in [0.15, 0.2) is 0 Å². The summed E-state index contributed by atoms with van der Waals surface area (Å²) < 4.78 is 16.4. The highest BCUT2D eigenvalue weighted by Gasteiger charge is 2.23. The van der Waals surface area contributed by atoms with Gasteiger partial charge in [0.2, 0.25) is 17.6 Å². The van der Waals surface area contributed by atoms with Gasteiger partial charge in [0, 0.05) is 28.3 Å². The van der Waals surface area contributed by atoms with Gasteiger partial charge in [-0.15, -0.1) is 0 Å². The summed E-state index contributed by atoms with van der Waals surface area (Å²) in [6, 6.07) is 12.5. The molecule has 8 nitrogen and oxygen atoms in total. The number of nitrogens with zero attached hydrogens (tertiary/aromatic N) is 3. The smallest absolute Gasteiger partial charge is 0.267 e. The molecule has 2 N–H and O–H groups in total. The van der Waals surface area contributed by atoms with E-state index in [-0.39, 0.29) is 23.9 Å². The van der Waals surface area contributed by atoms with E-state index in [0.717, 1.165) is 6.08 Å². The van der Waals surface area contributed by atoms with E-state index in [9.17, 15) is 18.8 Å². The molecule has 0 atom stereocenters. The number of para-hydroxylation sites is 1. The SMILES string of the molecule is C=CC(=O)Nc1ccccc1-c1c(CC)nc2n(CC(=O)Nc3ccc(F)cc3)c(C)c(C)n2c1=O. The number of aryl methyl sites for hydroxylation is 2. The highest BCUT2D eigenvalue weighted by molar-refractivity contribution is 6.01. The van der Waals surface area contributed by atoms with E-state index >= 15 is 0 Å². The molecule has 2 heterocycles. The van der Waals surface area contributed by atoms with Crippen LogP contribution in [-0.2, 0) is 22.6 Å². The minimum atomic E-state index is -0.395. The molecular formula is C27H26FN5O3. The first-order chi connectivity index (χ1) is 17.2. The maximum Gasteiger partial charge on any atom is 0.267 e. The number of fused-ring (bicyclic) bond motifs is 1. The average Bonchev–Trinajstić information content (AvgIpc) is 3.10. The van der Waals surface area contributed by atoms with Gasteiger partial charge in [-0.05, 0) is 56.7 Å². The van der Waals surface area contributed by atoms with Crippen molar-refractivity contribution in [2.24, 2.45) is 0 Å². The number of amides is 2. The summed E-state index contributed by atoms with van der Waals surface area (Å²) in [7, 11) is 0. The number of carbonyl (C=O) groups is 2. The van der Waals surface area contributed by atoms with Crippen LogP contribution in [0.5, 0.6) is 0 Å². The lowest BCUT2D eigenvalue weighted by Crippen LogP contribution is -2.23. The van der Waals surface area contributed by atoms with Crippen molar-refractivity contribution in [3.8, 4) is 11.1 Å². The largest absolute Gasteiger partial charge is 0.325 e. The maximum atomic E-state index is 13.9. The Balaban J connectivity index is 1.82. The van der Waals surface area contributed by atoms with Crippen LogP contribution in [0.3, 0.4) is 0 Å². The molecule has 0 spiro atoms. The van der Waals surface area contributed by atoms with E-state index in [1.165, 1.54) is 28.7 Å². The van der Waals surface area contributed by atoms with E-state index in [0.29, 0.717) is 51.8 Å². The standard InChI is InChI=1S/C27H26FN5O3/c1-5-21-25(20-9-7-8-10-22(20)30-23(34)6-2)26(36)33-17(4)16(3)32(27(33)31-21)15-24(35)29-19-13-11-18(28)12-14-19/h6-14H,2,5,15H2,1,3-4H3,(H,29,35)(H,30,34). The molecule has 184 valence electrons. The molecule has 4 aromatic rings. The average molecular weight is 488 g/mol. The molecule has 2 amide bonds. The third-order valence-electron chi connectivity index (χ3n) is 6.05. The van der Waals surface area contributed by atoms with Crippen LogP contribution in [0.25, 0.3) is 16.9 Å². The molecule has 0 aliphatic rings. The maximum absolute atomic E-state index is 13.9. The van der Waals surface area contributed by atoms with Gasteiger partial charge >= 0.3 is 0 Å². The molecule has 0 fully saturated rings. The van der Waals surface area contributed by atoms with Crippen molar-refractivity contribution in [2.75, 3.05) is 10.6 Å². The number of carbonyl (C=O) groups excluding carboxylic acids is 2. The van der Waals surface area contributed by atoms with Crippen LogP contribution in [0.15, 0.2) is 66.0 Å². The number of nitrogens with one attached hydrogen (secondary N) is 2. The molecule has 2 aromatic carbocycles. The second-order valence-corrected chi connectivity index (χ2v) is 8.28. The Hall–Kier alpha value is -4.53. The molecule has 0 radical (unpaired) electrons. The summed E-state index contributed by atoms with van der Waals surface area (Å²) in [5.74, 6) is -0.776. The molecule has 2 aromatic heterocycles. The number of benzene rings is 2. The number of aromatic nitrogens is 3. The third kappa shape index (κ3) is 4.55. The first kappa shape index (κ1) is 24.6. The predicted octanol–water partition coefficient (Wildman–Crippen LogP) is 4.24. The summed E-state index contributed by atoms with van der Waals surface area (Å²) in [6.45, 7) is 8.90. The Bertz CT molecular complexity index is 1550. The van der Waals surface area contributed by atoms with Gasteiger partial charge in [0.05, 0.1) is 11.3 Å². The summed E-state index contributed by atoms with van der Waals surface area (Å²) in [4.78, 5) is 43.4. The summed E-state index contributed by atoms with van der Waals surface area (Å²) in [5.41, 5.74) is 3.47. The molecule has 9 heteroatoms. The van der Waals surface area contributed by atoms with E-state index in [1.54, 1.807) is 35.8 Å². The Morgan fingerprint density at radius 3 is 2.42 bits per heavy atom. The van der Waals surface area contributed by atoms with Gasteiger partial charge in [-0.3, -0.25) is 14.4 Å². The third-order valence-corrected chi connectivity index (χ3v) is 6.05. The molecule has 0 saturated carbocycles. The van der Waals surface area contributed by atoms with Crippen molar-refractivity contribution in [1.29, 1.82) is 0 Å². The van der Waals surface area contributed by atoms with Crippen LogP contribution in [0.4, 0.5) is 15.8 Å². The van der Waals surface area contributed by atoms with Gasteiger partial charge in [-0.2, -0.15) is 0 Å². The molecule has 0 bridgehead atoms. The molecule has 4 rings (SSSR count). The molecule has 0 aliphatic carbocycles. The first-order valence-corrected chi connectivity index (χ1v) is 11.4. The van der Waals surface area contributed by atoms with Gasteiger partial charge in [-0.25, -0.2) is 13.8 Å². The number of anilines is 2. The highest BCUT2D eigenvalue weighted by Crippen LogP contribution is 2.29.